The number of rotatable bonds is 7. The van der Waals surface area contributed by atoms with Crippen molar-refractivity contribution in [3.8, 4) is 0 Å². The van der Waals surface area contributed by atoms with Crippen molar-refractivity contribution < 1.29 is 9.59 Å². The van der Waals surface area contributed by atoms with Crippen molar-refractivity contribution in [3.63, 3.8) is 0 Å². The third-order valence-electron chi connectivity index (χ3n) is 4.48. The van der Waals surface area contributed by atoms with Gasteiger partial charge in [-0.25, -0.2) is 4.99 Å². The number of hydrogen-bond donors (Lipinski definition) is 2. The highest BCUT2D eigenvalue weighted by molar-refractivity contribution is 5.98. The molecule has 3 rings (SSSR count). The Morgan fingerprint density at radius 3 is 2.33 bits per heavy atom. The molecule has 30 heavy (non-hydrogen) atoms. The predicted molar refractivity (Wildman–Crippen MR) is 121 cm³/mol. The van der Waals surface area contributed by atoms with Crippen LogP contribution in [-0.4, -0.2) is 25.2 Å². The Bertz CT molecular complexity index is 1030. The fraction of sp³-hybridized carbons (Fsp3) is 0.125. The van der Waals surface area contributed by atoms with Gasteiger partial charge in [0.05, 0.1) is 11.4 Å². The van der Waals surface area contributed by atoms with E-state index in [-0.39, 0.29) is 5.91 Å². The molecule has 0 aliphatic carbocycles. The van der Waals surface area contributed by atoms with E-state index in [1.807, 2.05) is 73.7 Å². The molecular weight excluding hydrogens is 376 g/mol. The van der Waals surface area contributed by atoms with E-state index in [4.69, 9.17) is 0 Å². The Balaban J connectivity index is 1.63. The van der Waals surface area contributed by atoms with Gasteiger partial charge in [0.15, 0.2) is 0 Å². The van der Waals surface area contributed by atoms with E-state index in [1.54, 1.807) is 19.2 Å². The van der Waals surface area contributed by atoms with Crippen LogP contribution in [0.5, 0.6) is 0 Å². The van der Waals surface area contributed by atoms with E-state index in [9.17, 15) is 9.59 Å². The van der Waals surface area contributed by atoms with Crippen LogP contribution in [0.1, 0.15) is 22.8 Å². The summed E-state index contributed by atoms with van der Waals surface area (Å²) in [7, 11) is 1.69. The first-order chi connectivity index (χ1) is 14.6. The lowest BCUT2D eigenvalue weighted by atomic mass is 10.1. The number of nitrogens with one attached hydrogen (secondary N) is 2. The lowest BCUT2D eigenvalue weighted by Crippen LogP contribution is -2.22. The number of para-hydroxylation sites is 2. The third kappa shape index (κ3) is 5.54. The van der Waals surface area contributed by atoms with Crippen molar-refractivity contribution in [2.24, 2.45) is 4.99 Å². The molecule has 0 saturated heterocycles. The minimum absolute atomic E-state index is 0.124. The van der Waals surface area contributed by atoms with Crippen LogP contribution in [-0.2, 0) is 11.3 Å². The zero-order valence-corrected chi connectivity index (χ0v) is 17.0. The van der Waals surface area contributed by atoms with E-state index in [0.717, 1.165) is 23.3 Å². The molecule has 3 aromatic carbocycles. The van der Waals surface area contributed by atoms with Crippen molar-refractivity contribution in [2.75, 3.05) is 17.3 Å². The van der Waals surface area contributed by atoms with Gasteiger partial charge in [-0.05, 0) is 48.9 Å². The summed E-state index contributed by atoms with van der Waals surface area (Å²) in [6.45, 7) is 2.33. The van der Waals surface area contributed by atoms with Gasteiger partial charge in [0.1, 0.15) is 5.84 Å². The lowest BCUT2D eigenvalue weighted by molar-refractivity contribution is -0.107. The molecule has 0 aliphatic rings. The molecule has 3 aromatic rings. The van der Waals surface area contributed by atoms with Crippen molar-refractivity contribution in [2.45, 2.75) is 13.5 Å². The van der Waals surface area contributed by atoms with Crippen LogP contribution < -0.4 is 15.5 Å². The summed E-state index contributed by atoms with van der Waals surface area (Å²) in [6.07, 6.45) is 0.749. The molecule has 0 atom stereocenters. The quantitative estimate of drug-likeness (QED) is 0.351. The zero-order valence-electron chi connectivity index (χ0n) is 17.0. The molecule has 0 bridgehead atoms. The number of amides is 2. The fourth-order valence-corrected chi connectivity index (χ4v) is 2.92. The second-order valence-corrected chi connectivity index (χ2v) is 6.77. The molecule has 0 spiro atoms. The number of aliphatic imine (C=N–C) groups is 1. The van der Waals surface area contributed by atoms with Crippen LogP contribution in [0, 0.1) is 0 Å². The van der Waals surface area contributed by atoms with Crippen molar-refractivity contribution in [1.82, 2.24) is 5.32 Å². The molecule has 0 saturated carbocycles. The van der Waals surface area contributed by atoms with E-state index in [2.05, 4.69) is 15.6 Å². The topological polar surface area (TPSA) is 73.8 Å². The maximum absolute atomic E-state index is 12.3. The summed E-state index contributed by atoms with van der Waals surface area (Å²) in [4.78, 5) is 29.5. The SMILES string of the molecule is C/C(=N\c1ccccc1N(C)C=O)Nc1ccc(C(=O)NCc2ccccc2)cc1. The van der Waals surface area contributed by atoms with Gasteiger partial charge >= 0.3 is 0 Å². The summed E-state index contributed by atoms with van der Waals surface area (Å²) in [6, 6.07) is 24.4. The molecule has 2 N–H and O–H groups in total. The Morgan fingerprint density at radius 2 is 1.63 bits per heavy atom. The van der Waals surface area contributed by atoms with E-state index in [1.165, 1.54) is 4.90 Å². The van der Waals surface area contributed by atoms with Crippen LogP contribution in [0.2, 0.25) is 0 Å². The Labute approximate surface area is 176 Å². The molecule has 6 heteroatoms. The molecular formula is C24H24N4O2. The summed E-state index contributed by atoms with van der Waals surface area (Å²) >= 11 is 0. The minimum atomic E-state index is -0.124. The first-order valence-corrected chi connectivity index (χ1v) is 9.58. The van der Waals surface area contributed by atoms with E-state index in [0.29, 0.717) is 23.6 Å². The first kappa shape index (κ1) is 20.8. The number of benzene rings is 3. The molecule has 0 radical (unpaired) electrons. The van der Waals surface area contributed by atoms with E-state index < -0.39 is 0 Å². The van der Waals surface area contributed by atoms with Gasteiger partial charge in [0, 0.05) is 24.8 Å². The second kappa shape index (κ2) is 10.0. The zero-order chi connectivity index (χ0) is 21.3. The Kier molecular flexibility index (Phi) is 6.95. The molecule has 0 aliphatic heterocycles. The maximum Gasteiger partial charge on any atom is 0.251 e. The fourth-order valence-electron chi connectivity index (χ4n) is 2.92. The normalized spacial score (nSPS) is 10.9. The van der Waals surface area contributed by atoms with Gasteiger partial charge in [-0.1, -0.05) is 42.5 Å². The van der Waals surface area contributed by atoms with Crippen LogP contribution in [0.3, 0.4) is 0 Å². The highest BCUT2D eigenvalue weighted by atomic mass is 16.1. The molecule has 0 unspecified atom stereocenters. The van der Waals surface area contributed by atoms with Crippen LogP contribution in [0.15, 0.2) is 83.9 Å². The molecule has 0 heterocycles. The van der Waals surface area contributed by atoms with Gasteiger partial charge in [0.2, 0.25) is 6.41 Å². The highest BCUT2D eigenvalue weighted by Gasteiger charge is 2.07. The minimum Gasteiger partial charge on any atom is -0.348 e. The highest BCUT2D eigenvalue weighted by Crippen LogP contribution is 2.27. The third-order valence-corrected chi connectivity index (χ3v) is 4.48. The summed E-state index contributed by atoms with van der Waals surface area (Å²) in [5.41, 5.74) is 3.87. The molecule has 6 nitrogen and oxygen atoms in total. The molecule has 152 valence electrons. The summed E-state index contributed by atoms with van der Waals surface area (Å²) in [5.74, 6) is 0.546. The number of nitrogens with zero attached hydrogens (tertiary/aromatic N) is 2. The van der Waals surface area contributed by atoms with Gasteiger partial charge in [-0.3, -0.25) is 9.59 Å². The van der Waals surface area contributed by atoms with Gasteiger partial charge in [-0.15, -0.1) is 0 Å². The number of amidine groups is 1. The van der Waals surface area contributed by atoms with E-state index >= 15 is 0 Å². The average Bonchev–Trinajstić information content (AvgIpc) is 2.78. The molecule has 2 amide bonds. The standard InChI is InChI=1S/C24H24N4O2/c1-18(27-22-10-6-7-11-23(22)28(2)17-29)26-21-14-12-20(13-15-21)24(30)25-16-19-8-4-3-5-9-19/h3-15,17H,16H2,1-2H3,(H,25,30)(H,26,27). The number of carbonyl (C=O) groups is 2. The first-order valence-electron chi connectivity index (χ1n) is 9.58. The Morgan fingerprint density at radius 1 is 0.967 bits per heavy atom. The van der Waals surface area contributed by atoms with Gasteiger partial charge in [0.25, 0.3) is 5.91 Å². The van der Waals surface area contributed by atoms with Crippen molar-refractivity contribution in [1.29, 1.82) is 0 Å². The summed E-state index contributed by atoms with van der Waals surface area (Å²) < 4.78 is 0. The van der Waals surface area contributed by atoms with Crippen LogP contribution in [0.25, 0.3) is 0 Å². The smallest absolute Gasteiger partial charge is 0.251 e. The molecule has 0 fully saturated rings. The Hall–Kier alpha value is -3.93. The van der Waals surface area contributed by atoms with Crippen LogP contribution >= 0.6 is 0 Å². The van der Waals surface area contributed by atoms with Crippen molar-refractivity contribution in [3.05, 3.63) is 90.0 Å². The van der Waals surface area contributed by atoms with Crippen LogP contribution in [0.4, 0.5) is 17.1 Å². The molecule has 0 aromatic heterocycles. The number of anilines is 2. The second-order valence-electron chi connectivity index (χ2n) is 6.77. The average molecular weight is 400 g/mol. The van der Waals surface area contributed by atoms with Gasteiger partial charge < -0.3 is 15.5 Å². The van der Waals surface area contributed by atoms with Crippen molar-refractivity contribution >= 4 is 35.2 Å². The monoisotopic (exact) mass is 400 g/mol. The lowest BCUT2D eigenvalue weighted by Gasteiger charge is -2.14. The maximum atomic E-state index is 12.3. The number of hydrogen-bond acceptors (Lipinski definition) is 3. The largest absolute Gasteiger partial charge is 0.348 e. The predicted octanol–water partition coefficient (Wildman–Crippen LogP) is 4.37. The number of carbonyl (C=O) groups excluding carboxylic acids is 2. The summed E-state index contributed by atoms with van der Waals surface area (Å²) in [5, 5.41) is 6.12. The van der Waals surface area contributed by atoms with Gasteiger partial charge in [-0.2, -0.15) is 0 Å².